The molecular formula is C30H31NO7S. The third-order valence-corrected chi connectivity index (χ3v) is 7.54. The van der Waals surface area contributed by atoms with Gasteiger partial charge in [0.25, 0.3) is 0 Å². The Morgan fingerprint density at radius 1 is 1.05 bits per heavy atom. The number of nitrogens with one attached hydrogen (secondary N) is 1. The molecule has 0 saturated carbocycles. The molecule has 0 spiro atoms. The molecule has 1 heterocycles. The Balaban J connectivity index is 1.59. The Kier molecular flexibility index (Phi) is 9.78. The number of carboxylic acid groups (broad SMARTS) is 1. The van der Waals surface area contributed by atoms with E-state index in [4.69, 9.17) is 14.2 Å². The minimum absolute atomic E-state index is 0.0512. The normalized spacial score (nSPS) is 20.7. The van der Waals surface area contributed by atoms with Crippen molar-refractivity contribution in [1.29, 1.82) is 0 Å². The van der Waals surface area contributed by atoms with Crippen LogP contribution >= 0.6 is 11.8 Å². The highest BCUT2D eigenvalue weighted by molar-refractivity contribution is 7.99. The lowest BCUT2D eigenvalue weighted by atomic mass is 9.91. The Morgan fingerprint density at radius 3 is 2.54 bits per heavy atom. The lowest BCUT2D eigenvalue weighted by Gasteiger charge is -2.41. The SMILES string of the molecule is C=CCOC(=O)Nc1cccc(C2OC(CSc3ccccc3C(=O)O)C(C)C(c3ccc(CO)cc3)O2)c1. The van der Waals surface area contributed by atoms with Crippen LogP contribution < -0.4 is 5.32 Å². The van der Waals surface area contributed by atoms with Crippen LogP contribution in [0.2, 0.25) is 0 Å². The number of aliphatic hydroxyl groups excluding tert-OH is 1. The summed E-state index contributed by atoms with van der Waals surface area (Å²) in [5, 5.41) is 21.7. The molecule has 3 aromatic carbocycles. The molecule has 0 aromatic heterocycles. The van der Waals surface area contributed by atoms with E-state index in [1.165, 1.54) is 17.8 Å². The molecule has 0 bridgehead atoms. The molecular weight excluding hydrogens is 518 g/mol. The number of hydrogen-bond donors (Lipinski definition) is 3. The zero-order valence-electron chi connectivity index (χ0n) is 21.5. The average molecular weight is 550 g/mol. The summed E-state index contributed by atoms with van der Waals surface area (Å²) in [6.07, 6.45) is -0.464. The molecule has 9 heteroatoms. The van der Waals surface area contributed by atoms with Crippen molar-refractivity contribution in [3.05, 3.63) is 108 Å². The summed E-state index contributed by atoms with van der Waals surface area (Å²) in [6, 6.07) is 21.7. The van der Waals surface area contributed by atoms with Crippen molar-refractivity contribution >= 4 is 29.5 Å². The van der Waals surface area contributed by atoms with E-state index in [1.54, 1.807) is 36.4 Å². The number of carboxylic acids is 1. The number of carbonyl (C=O) groups is 2. The summed E-state index contributed by atoms with van der Waals surface area (Å²) in [5.41, 5.74) is 3.22. The van der Waals surface area contributed by atoms with Crippen LogP contribution in [-0.2, 0) is 20.8 Å². The van der Waals surface area contributed by atoms with E-state index in [1.807, 2.05) is 43.3 Å². The number of thioether (sulfide) groups is 1. The molecule has 1 fully saturated rings. The molecule has 4 atom stereocenters. The molecule has 1 amide bonds. The Bertz CT molecular complexity index is 1300. The smallest absolute Gasteiger partial charge is 0.411 e. The van der Waals surface area contributed by atoms with Gasteiger partial charge in [-0.05, 0) is 35.4 Å². The van der Waals surface area contributed by atoms with Crippen LogP contribution in [0.3, 0.4) is 0 Å². The van der Waals surface area contributed by atoms with Gasteiger partial charge in [-0.15, -0.1) is 11.8 Å². The zero-order chi connectivity index (χ0) is 27.8. The lowest BCUT2D eigenvalue weighted by molar-refractivity contribution is -0.268. The van der Waals surface area contributed by atoms with Crippen LogP contribution in [0.25, 0.3) is 0 Å². The molecule has 3 aromatic rings. The number of ether oxygens (including phenoxy) is 3. The van der Waals surface area contributed by atoms with Crippen molar-refractivity contribution < 1.29 is 34.0 Å². The van der Waals surface area contributed by atoms with Crippen LogP contribution in [0.4, 0.5) is 10.5 Å². The fourth-order valence-electron chi connectivity index (χ4n) is 4.30. The number of benzene rings is 3. The monoisotopic (exact) mass is 549 g/mol. The number of rotatable bonds is 10. The van der Waals surface area contributed by atoms with Crippen molar-refractivity contribution in [2.24, 2.45) is 5.92 Å². The quantitative estimate of drug-likeness (QED) is 0.202. The third-order valence-electron chi connectivity index (χ3n) is 6.38. The van der Waals surface area contributed by atoms with Gasteiger partial charge in [-0.2, -0.15) is 0 Å². The second kappa shape index (κ2) is 13.4. The number of carbonyl (C=O) groups excluding carboxylic acids is 1. The zero-order valence-corrected chi connectivity index (χ0v) is 22.3. The fraction of sp³-hybridized carbons (Fsp3) is 0.267. The van der Waals surface area contributed by atoms with E-state index in [-0.39, 0.29) is 36.9 Å². The van der Waals surface area contributed by atoms with Crippen molar-refractivity contribution in [1.82, 2.24) is 0 Å². The summed E-state index contributed by atoms with van der Waals surface area (Å²) in [6.45, 7) is 5.63. The molecule has 3 N–H and O–H groups in total. The fourth-order valence-corrected chi connectivity index (χ4v) is 5.51. The molecule has 204 valence electrons. The first-order valence-electron chi connectivity index (χ1n) is 12.5. The van der Waals surface area contributed by atoms with Crippen molar-refractivity contribution in [3.8, 4) is 0 Å². The van der Waals surface area contributed by atoms with Crippen LogP contribution in [-0.4, -0.2) is 40.7 Å². The topological polar surface area (TPSA) is 114 Å². The first-order valence-corrected chi connectivity index (χ1v) is 13.5. The van der Waals surface area contributed by atoms with Crippen molar-refractivity contribution in [3.63, 3.8) is 0 Å². The Morgan fingerprint density at radius 2 is 1.82 bits per heavy atom. The molecule has 4 unspecified atom stereocenters. The maximum Gasteiger partial charge on any atom is 0.411 e. The lowest BCUT2D eigenvalue weighted by Crippen LogP contribution is -2.38. The highest BCUT2D eigenvalue weighted by Gasteiger charge is 2.38. The molecule has 8 nitrogen and oxygen atoms in total. The van der Waals surface area contributed by atoms with Crippen molar-refractivity contribution in [2.75, 3.05) is 17.7 Å². The Hall–Kier alpha value is -3.63. The van der Waals surface area contributed by atoms with Crippen LogP contribution in [0.15, 0.2) is 90.3 Å². The van der Waals surface area contributed by atoms with Crippen molar-refractivity contribution in [2.45, 2.75) is 36.9 Å². The molecule has 0 radical (unpaired) electrons. The number of hydrogen-bond acceptors (Lipinski definition) is 7. The first kappa shape index (κ1) is 28.4. The highest BCUT2D eigenvalue weighted by atomic mass is 32.2. The minimum atomic E-state index is -0.977. The number of aromatic carboxylic acids is 1. The molecule has 1 saturated heterocycles. The van der Waals surface area contributed by atoms with Gasteiger partial charge in [-0.1, -0.05) is 68.1 Å². The van der Waals surface area contributed by atoms with Gasteiger partial charge in [-0.3, -0.25) is 5.32 Å². The predicted molar refractivity (Wildman–Crippen MR) is 149 cm³/mol. The van der Waals surface area contributed by atoms with E-state index >= 15 is 0 Å². The number of amides is 1. The largest absolute Gasteiger partial charge is 0.478 e. The second-order valence-corrected chi connectivity index (χ2v) is 10.1. The van der Waals surface area contributed by atoms with E-state index in [0.717, 1.165) is 11.1 Å². The Labute approximate surface area is 231 Å². The predicted octanol–water partition coefficient (Wildman–Crippen LogP) is 6.20. The highest BCUT2D eigenvalue weighted by Crippen LogP contribution is 2.43. The summed E-state index contributed by atoms with van der Waals surface area (Å²) in [5.74, 6) is -0.543. The molecule has 39 heavy (non-hydrogen) atoms. The first-order chi connectivity index (χ1) is 18.9. The maximum absolute atomic E-state index is 12.0. The van der Waals surface area contributed by atoms with Gasteiger partial charge < -0.3 is 24.4 Å². The van der Waals surface area contributed by atoms with E-state index in [2.05, 4.69) is 11.9 Å². The van der Waals surface area contributed by atoms with Gasteiger partial charge in [-0.25, -0.2) is 9.59 Å². The molecule has 0 aliphatic carbocycles. The average Bonchev–Trinajstić information content (AvgIpc) is 2.96. The van der Waals surface area contributed by atoms with Crippen LogP contribution in [0, 0.1) is 5.92 Å². The number of anilines is 1. The maximum atomic E-state index is 12.0. The van der Waals surface area contributed by atoms with E-state index in [9.17, 15) is 19.8 Å². The third kappa shape index (κ3) is 7.27. The minimum Gasteiger partial charge on any atom is -0.478 e. The standard InChI is InChI=1S/C30H31NO7S/c1-3-15-36-30(35)31-23-8-6-7-22(16-23)29-37-25(18-39-26-10-5-4-9-24(26)28(33)34)19(2)27(38-29)21-13-11-20(17-32)12-14-21/h3-14,16,19,25,27,29,32H,1,15,17-18H2,2H3,(H,31,35)(H,33,34). The summed E-state index contributed by atoms with van der Waals surface area (Å²) < 4.78 is 17.9. The van der Waals surface area contributed by atoms with Gasteiger partial charge in [0, 0.05) is 27.8 Å². The number of aliphatic hydroxyl groups is 1. The van der Waals surface area contributed by atoms with E-state index < -0.39 is 18.4 Å². The van der Waals surface area contributed by atoms with Gasteiger partial charge in [0.1, 0.15) is 6.61 Å². The van der Waals surface area contributed by atoms with Crippen LogP contribution in [0.1, 0.15) is 46.4 Å². The second-order valence-electron chi connectivity index (χ2n) is 9.07. The molecule has 4 rings (SSSR count). The van der Waals surface area contributed by atoms with Crippen LogP contribution in [0.5, 0.6) is 0 Å². The van der Waals surface area contributed by atoms with Gasteiger partial charge in [0.2, 0.25) is 0 Å². The summed E-state index contributed by atoms with van der Waals surface area (Å²) in [7, 11) is 0. The summed E-state index contributed by atoms with van der Waals surface area (Å²) >= 11 is 1.43. The molecule has 1 aliphatic rings. The molecule has 1 aliphatic heterocycles. The van der Waals surface area contributed by atoms with E-state index in [0.29, 0.717) is 21.9 Å². The van der Waals surface area contributed by atoms with Gasteiger partial charge in [0.15, 0.2) is 6.29 Å². The van der Waals surface area contributed by atoms with Gasteiger partial charge >= 0.3 is 12.1 Å². The summed E-state index contributed by atoms with van der Waals surface area (Å²) in [4.78, 5) is 24.4. The van der Waals surface area contributed by atoms with Gasteiger partial charge in [0.05, 0.1) is 24.4 Å².